The maximum atomic E-state index is 12.2. The van der Waals surface area contributed by atoms with E-state index in [1.54, 1.807) is 12.1 Å². The van der Waals surface area contributed by atoms with Gasteiger partial charge in [-0.2, -0.15) is 0 Å². The molecule has 1 amide bonds. The summed E-state index contributed by atoms with van der Waals surface area (Å²) in [6.45, 7) is 3.27. The van der Waals surface area contributed by atoms with E-state index < -0.39 is 0 Å². The molecular formula is C16H24ClN3O2. The van der Waals surface area contributed by atoms with Gasteiger partial charge in [0.25, 0.3) is 0 Å². The van der Waals surface area contributed by atoms with Crippen LogP contribution < -0.4 is 5.32 Å². The van der Waals surface area contributed by atoms with E-state index in [9.17, 15) is 4.79 Å². The number of nitrogens with one attached hydrogen (secondary N) is 1. The van der Waals surface area contributed by atoms with Gasteiger partial charge < -0.3 is 15.3 Å². The van der Waals surface area contributed by atoms with Crippen molar-refractivity contribution in [1.82, 2.24) is 9.88 Å². The molecule has 1 saturated heterocycles. The Morgan fingerprint density at radius 3 is 2.73 bits per heavy atom. The third kappa shape index (κ3) is 5.55. The molecule has 22 heavy (non-hydrogen) atoms. The summed E-state index contributed by atoms with van der Waals surface area (Å²) in [6.07, 6.45) is 6.38. The molecule has 6 heteroatoms. The molecule has 1 aliphatic rings. The zero-order valence-corrected chi connectivity index (χ0v) is 13.6. The van der Waals surface area contributed by atoms with Crippen LogP contribution in [-0.2, 0) is 4.79 Å². The van der Waals surface area contributed by atoms with E-state index in [4.69, 9.17) is 16.7 Å². The summed E-state index contributed by atoms with van der Waals surface area (Å²) in [5.41, 5.74) is 0. The number of nitrogens with zero attached hydrogens (tertiary/aromatic N) is 2. The third-order valence-corrected chi connectivity index (χ3v) is 4.29. The van der Waals surface area contributed by atoms with Gasteiger partial charge >= 0.3 is 0 Å². The number of anilines is 1. The SMILES string of the molecule is O=C(Nc1ccc(Cl)cn1)C1CCN(CCCCCO)CC1. The highest BCUT2D eigenvalue weighted by molar-refractivity contribution is 6.30. The number of carbonyl (C=O) groups is 1. The summed E-state index contributed by atoms with van der Waals surface area (Å²) in [6, 6.07) is 3.44. The van der Waals surface area contributed by atoms with Crippen LogP contribution in [0.5, 0.6) is 0 Å². The van der Waals surface area contributed by atoms with Crippen LogP contribution >= 0.6 is 11.6 Å². The Balaban J connectivity index is 1.69. The van der Waals surface area contributed by atoms with E-state index in [-0.39, 0.29) is 18.4 Å². The lowest BCUT2D eigenvalue weighted by Crippen LogP contribution is -2.38. The zero-order chi connectivity index (χ0) is 15.8. The fraction of sp³-hybridized carbons (Fsp3) is 0.625. The molecule has 1 aromatic heterocycles. The van der Waals surface area contributed by atoms with Crippen molar-refractivity contribution in [2.45, 2.75) is 32.1 Å². The van der Waals surface area contributed by atoms with Gasteiger partial charge in [-0.15, -0.1) is 0 Å². The van der Waals surface area contributed by atoms with Crippen LogP contribution in [0.3, 0.4) is 0 Å². The van der Waals surface area contributed by atoms with Gasteiger partial charge in [0.05, 0.1) is 5.02 Å². The first-order valence-corrected chi connectivity index (χ1v) is 8.32. The number of hydrogen-bond donors (Lipinski definition) is 2. The number of carbonyl (C=O) groups excluding carboxylic acids is 1. The van der Waals surface area contributed by atoms with E-state index in [1.165, 1.54) is 6.20 Å². The molecule has 0 radical (unpaired) electrons. The molecule has 0 saturated carbocycles. The van der Waals surface area contributed by atoms with Crippen LogP contribution in [0.15, 0.2) is 18.3 Å². The minimum atomic E-state index is 0.0507. The number of pyridine rings is 1. The van der Waals surface area contributed by atoms with E-state index in [0.717, 1.165) is 51.7 Å². The summed E-state index contributed by atoms with van der Waals surface area (Å²) in [5.74, 6) is 0.668. The quantitative estimate of drug-likeness (QED) is 0.756. The highest BCUT2D eigenvalue weighted by atomic mass is 35.5. The van der Waals surface area contributed by atoms with Crippen molar-refractivity contribution in [2.24, 2.45) is 5.92 Å². The van der Waals surface area contributed by atoms with Crippen molar-refractivity contribution < 1.29 is 9.90 Å². The maximum absolute atomic E-state index is 12.2. The highest BCUT2D eigenvalue weighted by Gasteiger charge is 2.24. The number of aliphatic hydroxyl groups is 1. The molecule has 0 atom stereocenters. The average molecular weight is 326 g/mol. The van der Waals surface area contributed by atoms with Gasteiger partial charge in [0, 0.05) is 18.7 Å². The van der Waals surface area contributed by atoms with Crippen LogP contribution in [0.25, 0.3) is 0 Å². The Kier molecular flexibility index (Phi) is 7.09. The first-order chi connectivity index (χ1) is 10.7. The number of hydrogen-bond acceptors (Lipinski definition) is 4. The lowest BCUT2D eigenvalue weighted by molar-refractivity contribution is -0.121. The normalized spacial score (nSPS) is 16.6. The second kappa shape index (κ2) is 9.08. The van der Waals surface area contributed by atoms with Crippen LogP contribution in [0.2, 0.25) is 5.02 Å². The molecule has 0 spiro atoms. The fourth-order valence-corrected chi connectivity index (χ4v) is 2.83. The number of rotatable bonds is 7. The van der Waals surface area contributed by atoms with Crippen LogP contribution in [0, 0.1) is 5.92 Å². The van der Waals surface area contributed by atoms with Gasteiger partial charge in [0.2, 0.25) is 5.91 Å². The van der Waals surface area contributed by atoms with Gasteiger partial charge in [-0.25, -0.2) is 4.98 Å². The van der Waals surface area contributed by atoms with E-state index in [2.05, 4.69) is 15.2 Å². The van der Waals surface area contributed by atoms with E-state index in [1.807, 2.05) is 0 Å². The largest absolute Gasteiger partial charge is 0.396 e. The van der Waals surface area contributed by atoms with Gasteiger partial charge in [0.15, 0.2) is 0 Å². The van der Waals surface area contributed by atoms with Crippen molar-refractivity contribution in [3.63, 3.8) is 0 Å². The number of aliphatic hydroxyl groups excluding tert-OH is 1. The lowest BCUT2D eigenvalue weighted by Gasteiger charge is -2.31. The predicted molar refractivity (Wildman–Crippen MR) is 88.0 cm³/mol. The Morgan fingerprint density at radius 2 is 2.09 bits per heavy atom. The fourth-order valence-electron chi connectivity index (χ4n) is 2.72. The van der Waals surface area contributed by atoms with Gasteiger partial charge in [0.1, 0.15) is 5.82 Å². The minimum absolute atomic E-state index is 0.0507. The second-order valence-electron chi connectivity index (χ2n) is 5.75. The van der Waals surface area contributed by atoms with E-state index in [0.29, 0.717) is 10.8 Å². The van der Waals surface area contributed by atoms with Crippen LogP contribution in [0.1, 0.15) is 32.1 Å². The van der Waals surface area contributed by atoms with Crippen molar-refractivity contribution in [3.05, 3.63) is 23.4 Å². The summed E-state index contributed by atoms with van der Waals surface area (Å²) in [7, 11) is 0. The first kappa shape index (κ1) is 17.2. The molecule has 5 nitrogen and oxygen atoms in total. The Morgan fingerprint density at radius 1 is 1.32 bits per heavy atom. The molecule has 1 aromatic rings. The summed E-state index contributed by atoms with van der Waals surface area (Å²) in [4.78, 5) is 18.7. The summed E-state index contributed by atoms with van der Waals surface area (Å²) < 4.78 is 0. The number of amides is 1. The van der Waals surface area contributed by atoms with Crippen LogP contribution in [0.4, 0.5) is 5.82 Å². The van der Waals surface area contributed by atoms with Crippen molar-refractivity contribution in [2.75, 3.05) is 31.6 Å². The molecule has 0 aliphatic carbocycles. The monoisotopic (exact) mass is 325 g/mol. The van der Waals surface area contributed by atoms with Gasteiger partial charge in [-0.3, -0.25) is 4.79 Å². The molecular weight excluding hydrogens is 302 g/mol. The number of halogens is 1. The number of piperidine rings is 1. The molecule has 2 rings (SSSR count). The third-order valence-electron chi connectivity index (χ3n) is 4.07. The number of unbranched alkanes of at least 4 members (excludes halogenated alkanes) is 2. The molecule has 122 valence electrons. The Hall–Kier alpha value is -1.17. The Bertz CT molecular complexity index is 459. The van der Waals surface area contributed by atoms with Crippen molar-refractivity contribution in [3.8, 4) is 0 Å². The molecule has 2 N–H and O–H groups in total. The molecule has 0 unspecified atom stereocenters. The van der Waals surface area contributed by atoms with Crippen LogP contribution in [-0.4, -0.2) is 47.1 Å². The maximum Gasteiger partial charge on any atom is 0.228 e. The zero-order valence-electron chi connectivity index (χ0n) is 12.8. The standard InChI is InChI=1S/C16H24ClN3O2/c17-14-4-5-15(18-12-14)19-16(22)13-6-9-20(10-7-13)8-2-1-3-11-21/h4-5,12-13,21H,1-3,6-11H2,(H,18,19,22). The molecule has 1 fully saturated rings. The average Bonchev–Trinajstić information content (AvgIpc) is 2.54. The van der Waals surface area contributed by atoms with Gasteiger partial charge in [-0.1, -0.05) is 11.6 Å². The Labute approximate surface area is 136 Å². The smallest absolute Gasteiger partial charge is 0.228 e. The number of aromatic nitrogens is 1. The molecule has 0 aromatic carbocycles. The van der Waals surface area contributed by atoms with Crippen molar-refractivity contribution in [1.29, 1.82) is 0 Å². The second-order valence-corrected chi connectivity index (χ2v) is 6.19. The molecule has 2 heterocycles. The van der Waals surface area contributed by atoms with Crippen molar-refractivity contribution >= 4 is 23.3 Å². The number of likely N-dealkylation sites (tertiary alicyclic amines) is 1. The van der Waals surface area contributed by atoms with Gasteiger partial charge in [-0.05, 0) is 63.9 Å². The highest BCUT2D eigenvalue weighted by Crippen LogP contribution is 2.20. The summed E-state index contributed by atoms with van der Waals surface area (Å²) >= 11 is 5.78. The van der Waals surface area contributed by atoms with E-state index >= 15 is 0 Å². The topological polar surface area (TPSA) is 65.5 Å². The molecule has 0 bridgehead atoms. The summed E-state index contributed by atoms with van der Waals surface area (Å²) in [5, 5.41) is 12.2. The lowest BCUT2D eigenvalue weighted by atomic mass is 9.95. The minimum Gasteiger partial charge on any atom is -0.396 e. The first-order valence-electron chi connectivity index (χ1n) is 7.94. The molecule has 1 aliphatic heterocycles. The predicted octanol–water partition coefficient (Wildman–Crippen LogP) is 2.55.